The number of nitrogens with zero attached hydrogens (tertiary/aromatic N) is 2. The quantitative estimate of drug-likeness (QED) is 0.903. The third-order valence-corrected chi connectivity index (χ3v) is 2.79. The van der Waals surface area contributed by atoms with Gasteiger partial charge in [-0.2, -0.15) is 0 Å². The van der Waals surface area contributed by atoms with E-state index in [-0.39, 0.29) is 18.9 Å². The van der Waals surface area contributed by atoms with Gasteiger partial charge in [0, 0.05) is 18.9 Å². The molecule has 1 saturated carbocycles. The second kappa shape index (κ2) is 4.00. The van der Waals surface area contributed by atoms with Crippen molar-refractivity contribution in [3.8, 4) is 0 Å². The molecular formula is C9H10BrF2N3. The predicted molar refractivity (Wildman–Crippen MR) is 55.9 cm³/mol. The van der Waals surface area contributed by atoms with E-state index >= 15 is 0 Å². The Morgan fingerprint density at radius 1 is 1.40 bits per heavy atom. The summed E-state index contributed by atoms with van der Waals surface area (Å²) < 4.78 is 26.4. The minimum absolute atomic E-state index is 0.0470. The summed E-state index contributed by atoms with van der Waals surface area (Å²) in [5.74, 6) is -1.98. The number of alkyl halides is 2. The lowest BCUT2D eigenvalue weighted by molar-refractivity contribution is 0.00852. The topological polar surface area (TPSA) is 37.8 Å². The molecule has 0 amide bonds. The van der Waals surface area contributed by atoms with Gasteiger partial charge in [-0.15, -0.1) is 0 Å². The van der Waals surface area contributed by atoms with Crippen LogP contribution < -0.4 is 5.32 Å². The number of hydrogen-bond acceptors (Lipinski definition) is 3. The molecule has 2 rings (SSSR count). The molecule has 0 radical (unpaired) electrons. The van der Waals surface area contributed by atoms with Crippen LogP contribution in [0.2, 0.25) is 0 Å². The average Bonchev–Trinajstić information content (AvgIpc) is 2.50. The molecule has 1 aliphatic carbocycles. The fraction of sp³-hybridized carbons (Fsp3) is 0.556. The van der Waals surface area contributed by atoms with Crippen LogP contribution in [-0.4, -0.2) is 21.9 Å². The van der Waals surface area contributed by atoms with Gasteiger partial charge in [0.25, 0.3) is 0 Å². The molecule has 0 spiro atoms. The molecule has 1 aliphatic rings. The smallest absolute Gasteiger partial charge is 0.250 e. The van der Waals surface area contributed by atoms with Crippen LogP contribution in [-0.2, 0) is 0 Å². The summed E-state index contributed by atoms with van der Waals surface area (Å²) in [4.78, 5) is 7.99. The van der Waals surface area contributed by atoms with Crippen molar-refractivity contribution in [2.45, 2.75) is 31.2 Å². The minimum atomic E-state index is -2.53. The Morgan fingerprint density at radius 3 is 2.73 bits per heavy atom. The van der Waals surface area contributed by atoms with Crippen LogP contribution in [0.1, 0.15) is 19.3 Å². The highest BCUT2D eigenvalue weighted by Gasteiger charge is 2.39. The second-order valence-corrected chi connectivity index (χ2v) is 4.48. The maximum Gasteiger partial charge on any atom is 0.250 e. The molecule has 1 aromatic heterocycles. The predicted octanol–water partition coefficient (Wildman–Crippen LogP) is 2.84. The van der Waals surface area contributed by atoms with Crippen LogP contribution in [0, 0.1) is 0 Å². The van der Waals surface area contributed by atoms with Gasteiger partial charge in [0.1, 0.15) is 10.4 Å². The zero-order chi connectivity index (χ0) is 10.9. The van der Waals surface area contributed by atoms with E-state index in [2.05, 4.69) is 31.2 Å². The molecule has 1 heterocycles. The third-order valence-electron chi connectivity index (χ3n) is 2.38. The summed E-state index contributed by atoms with van der Waals surface area (Å²) in [5, 5.41) is 2.95. The summed E-state index contributed by atoms with van der Waals surface area (Å²) in [6.45, 7) is 0. The van der Waals surface area contributed by atoms with Gasteiger partial charge in [0.15, 0.2) is 0 Å². The molecule has 15 heavy (non-hydrogen) atoms. The zero-order valence-electron chi connectivity index (χ0n) is 7.88. The summed E-state index contributed by atoms with van der Waals surface area (Å²) in [6, 6.07) is -0.199. The van der Waals surface area contributed by atoms with Gasteiger partial charge in [-0.3, -0.25) is 0 Å². The normalized spacial score (nSPS) is 24.1. The molecule has 82 valence electrons. The lowest BCUT2D eigenvalue weighted by Gasteiger charge is -2.12. The standard InChI is InChI=1S/C9H10BrF2N3/c10-7-4-14-8(5-13-7)15-6-1-2-9(11,12)3-6/h4-6H,1-3H2,(H,14,15). The molecular weight excluding hydrogens is 268 g/mol. The van der Waals surface area contributed by atoms with Crippen molar-refractivity contribution in [3.05, 3.63) is 17.0 Å². The largest absolute Gasteiger partial charge is 0.366 e. The van der Waals surface area contributed by atoms with E-state index in [9.17, 15) is 8.78 Å². The van der Waals surface area contributed by atoms with Crippen LogP contribution in [0.3, 0.4) is 0 Å². The van der Waals surface area contributed by atoms with E-state index in [1.165, 1.54) is 12.4 Å². The Hall–Kier alpha value is -0.780. The zero-order valence-corrected chi connectivity index (χ0v) is 9.47. The van der Waals surface area contributed by atoms with E-state index in [1.807, 2.05) is 0 Å². The Labute approximate surface area is 94.4 Å². The van der Waals surface area contributed by atoms with Gasteiger partial charge in [-0.1, -0.05) is 0 Å². The maximum atomic E-state index is 12.9. The number of halogens is 3. The van der Waals surface area contributed by atoms with Crippen molar-refractivity contribution in [1.29, 1.82) is 0 Å². The monoisotopic (exact) mass is 277 g/mol. The summed E-state index contributed by atoms with van der Waals surface area (Å²) in [6.07, 6.45) is 3.38. The number of nitrogens with one attached hydrogen (secondary N) is 1. The highest BCUT2D eigenvalue weighted by Crippen LogP contribution is 2.35. The van der Waals surface area contributed by atoms with E-state index in [0.29, 0.717) is 16.8 Å². The summed E-state index contributed by atoms with van der Waals surface area (Å²) in [7, 11) is 0. The average molecular weight is 278 g/mol. The fourth-order valence-corrected chi connectivity index (χ4v) is 1.87. The van der Waals surface area contributed by atoms with Crippen LogP contribution in [0.4, 0.5) is 14.6 Å². The third kappa shape index (κ3) is 2.84. The molecule has 3 nitrogen and oxygen atoms in total. The van der Waals surface area contributed by atoms with E-state index < -0.39 is 5.92 Å². The van der Waals surface area contributed by atoms with Crippen molar-refractivity contribution in [1.82, 2.24) is 9.97 Å². The highest BCUT2D eigenvalue weighted by atomic mass is 79.9. The van der Waals surface area contributed by atoms with Gasteiger partial charge in [0.2, 0.25) is 5.92 Å². The molecule has 0 aliphatic heterocycles. The molecule has 1 fully saturated rings. The number of anilines is 1. The van der Waals surface area contributed by atoms with E-state index in [4.69, 9.17) is 0 Å². The van der Waals surface area contributed by atoms with Crippen LogP contribution in [0.15, 0.2) is 17.0 Å². The van der Waals surface area contributed by atoms with E-state index in [1.54, 1.807) is 0 Å². The highest BCUT2D eigenvalue weighted by molar-refractivity contribution is 9.10. The van der Waals surface area contributed by atoms with Crippen molar-refractivity contribution < 1.29 is 8.78 Å². The molecule has 1 aromatic rings. The first kappa shape index (κ1) is 10.7. The Balaban J connectivity index is 1.96. The number of rotatable bonds is 2. The Bertz CT molecular complexity index is 342. The van der Waals surface area contributed by atoms with Crippen LogP contribution in [0.5, 0.6) is 0 Å². The van der Waals surface area contributed by atoms with Crippen LogP contribution >= 0.6 is 15.9 Å². The van der Waals surface area contributed by atoms with Crippen molar-refractivity contribution >= 4 is 21.7 Å². The van der Waals surface area contributed by atoms with Crippen molar-refractivity contribution in [2.24, 2.45) is 0 Å². The van der Waals surface area contributed by atoms with Crippen molar-refractivity contribution in [2.75, 3.05) is 5.32 Å². The number of aromatic nitrogens is 2. The van der Waals surface area contributed by atoms with Gasteiger partial charge >= 0.3 is 0 Å². The Kier molecular flexibility index (Phi) is 2.86. The summed E-state index contributed by atoms with van der Waals surface area (Å²) >= 11 is 3.15. The van der Waals surface area contributed by atoms with Crippen LogP contribution in [0.25, 0.3) is 0 Å². The maximum absolute atomic E-state index is 12.9. The fourth-order valence-electron chi connectivity index (χ4n) is 1.67. The minimum Gasteiger partial charge on any atom is -0.366 e. The molecule has 1 atom stereocenters. The van der Waals surface area contributed by atoms with Gasteiger partial charge < -0.3 is 5.32 Å². The Morgan fingerprint density at radius 2 is 2.20 bits per heavy atom. The molecule has 1 N–H and O–H groups in total. The first-order valence-electron chi connectivity index (χ1n) is 4.67. The molecule has 6 heteroatoms. The first-order chi connectivity index (χ1) is 7.05. The summed E-state index contributed by atoms with van der Waals surface area (Å²) in [5.41, 5.74) is 0. The lowest BCUT2D eigenvalue weighted by Crippen LogP contribution is -2.19. The molecule has 0 saturated heterocycles. The second-order valence-electron chi connectivity index (χ2n) is 3.66. The molecule has 0 aromatic carbocycles. The number of hydrogen-bond donors (Lipinski definition) is 1. The van der Waals surface area contributed by atoms with E-state index in [0.717, 1.165) is 0 Å². The van der Waals surface area contributed by atoms with Gasteiger partial charge in [-0.05, 0) is 22.4 Å². The first-order valence-corrected chi connectivity index (χ1v) is 5.46. The van der Waals surface area contributed by atoms with Gasteiger partial charge in [-0.25, -0.2) is 18.7 Å². The van der Waals surface area contributed by atoms with Crippen molar-refractivity contribution in [3.63, 3.8) is 0 Å². The SMILES string of the molecule is FC1(F)CCC(Nc2cnc(Br)cn2)C1. The lowest BCUT2D eigenvalue weighted by atomic mass is 10.2. The molecule has 0 bridgehead atoms. The molecule has 1 unspecified atom stereocenters. The van der Waals surface area contributed by atoms with Gasteiger partial charge in [0.05, 0.1) is 12.4 Å².